The third-order valence-electron chi connectivity index (χ3n) is 10.8. The monoisotopic (exact) mass is 620 g/mol. The average Bonchev–Trinajstić information content (AvgIpc) is 3.62. The summed E-state index contributed by atoms with van der Waals surface area (Å²) in [6, 6.07) is 62.0. The first-order valence-electron chi connectivity index (χ1n) is 16.9. The summed E-state index contributed by atoms with van der Waals surface area (Å²) in [6.45, 7) is 0. The van der Waals surface area contributed by atoms with Crippen molar-refractivity contribution in [1.29, 1.82) is 0 Å². The Bertz CT molecular complexity index is 2790. The molecule has 2 aliphatic rings. The van der Waals surface area contributed by atoms with Gasteiger partial charge < -0.3 is 0 Å². The van der Waals surface area contributed by atoms with Gasteiger partial charge in [0.2, 0.25) is 0 Å². The average molecular weight is 621 g/mol. The first-order chi connectivity index (χ1) is 24.3. The zero-order valence-corrected chi connectivity index (χ0v) is 26.6. The van der Waals surface area contributed by atoms with Crippen LogP contribution in [0.2, 0.25) is 0 Å². The Morgan fingerprint density at radius 3 is 1.65 bits per heavy atom. The van der Waals surface area contributed by atoms with Crippen LogP contribution >= 0.6 is 0 Å². The lowest BCUT2D eigenvalue weighted by atomic mass is 9.70. The van der Waals surface area contributed by atoms with Crippen LogP contribution in [0.4, 0.5) is 0 Å². The molecule has 2 heteroatoms. The fraction of sp³-hybridized carbons (Fsp3) is 0.0213. The van der Waals surface area contributed by atoms with Crippen molar-refractivity contribution in [2.75, 3.05) is 0 Å². The Balaban J connectivity index is 1.20. The van der Waals surface area contributed by atoms with Gasteiger partial charge in [-0.05, 0) is 102 Å². The van der Waals surface area contributed by atoms with Crippen molar-refractivity contribution in [2.24, 2.45) is 0 Å². The second kappa shape index (κ2) is 9.82. The molecule has 0 bridgehead atoms. The molecule has 8 aromatic carbocycles. The Morgan fingerprint density at radius 1 is 0.347 bits per heavy atom. The molecule has 2 nitrogen and oxygen atoms in total. The molecule has 1 heterocycles. The van der Waals surface area contributed by atoms with E-state index in [1.165, 1.54) is 66.1 Å². The van der Waals surface area contributed by atoms with E-state index < -0.39 is 5.41 Å². The first-order valence-corrected chi connectivity index (χ1v) is 16.9. The van der Waals surface area contributed by atoms with Crippen LogP contribution in [0.5, 0.6) is 0 Å². The number of aromatic nitrogens is 2. The van der Waals surface area contributed by atoms with Crippen LogP contribution in [0.1, 0.15) is 22.3 Å². The second-order valence-corrected chi connectivity index (χ2v) is 13.3. The summed E-state index contributed by atoms with van der Waals surface area (Å²) >= 11 is 0. The van der Waals surface area contributed by atoms with Gasteiger partial charge in [0.15, 0.2) is 5.82 Å². The van der Waals surface area contributed by atoms with Crippen LogP contribution in [-0.2, 0) is 5.41 Å². The second-order valence-electron chi connectivity index (χ2n) is 13.3. The predicted molar refractivity (Wildman–Crippen MR) is 202 cm³/mol. The third-order valence-corrected chi connectivity index (χ3v) is 10.8. The Morgan fingerprint density at radius 2 is 0.918 bits per heavy atom. The molecule has 0 amide bonds. The highest BCUT2D eigenvalue weighted by Crippen LogP contribution is 2.63. The van der Waals surface area contributed by atoms with Crippen LogP contribution < -0.4 is 0 Å². The van der Waals surface area contributed by atoms with Crippen LogP contribution in [-0.4, -0.2) is 9.97 Å². The molecule has 0 saturated heterocycles. The third kappa shape index (κ3) is 3.61. The van der Waals surface area contributed by atoms with Gasteiger partial charge in [0.05, 0.1) is 16.6 Å². The van der Waals surface area contributed by atoms with Crippen LogP contribution in [0.15, 0.2) is 170 Å². The number of nitrogens with zero attached hydrogens (tertiary/aromatic N) is 2. The molecular weight excluding hydrogens is 593 g/mol. The summed E-state index contributed by atoms with van der Waals surface area (Å²) < 4.78 is 0. The van der Waals surface area contributed by atoms with E-state index in [2.05, 4.69) is 164 Å². The molecule has 0 radical (unpaired) electrons. The van der Waals surface area contributed by atoms with E-state index in [0.717, 1.165) is 33.5 Å². The van der Waals surface area contributed by atoms with Crippen LogP contribution in [0.25, 0.3) is 77.3 Å². The van der Waals surface area contributed by atoms with E-state index in [9.17, 15) is 0 Å². The van der Waals surface area contributed by atoms with Crippen LogP contribution in [0, 0.1) is 0 Å². The SMILES string of the molecule is c1ccc(-c2nc(-c3ccc4cc5c(cc4c3)C3(c4ccccc4-c4ccccc43)c3cc4ccccc4cc3-5)nc3ccccc23)cc1. The number of fused-ring (bicyclic) bond motifs is 13. The molecule has 226 valence electrons. The summed E-state index contributed by atoms with van der Waals surface area (Å²) in [5, 5.41) is 5.99. The van der Waals surface area contributed by atoms with Gasteiger partial charge in [-0.2, -0.15) is 0 Å². The highest BCUT2D eigenvalue weighted by molar-refractivity contribution is 6.04. The van der Waals surface area contributed by atoms with Crippen molar-refractivity contribution in [2.45, 2.75) is 5.41 Å². The molecule has 0 aliphatic heterocycles. The van der Waals surface area contributed by atoms with Gasteiger partial charge in [-0.15, -0.1) is 0 Å². The van der Waals surface area contributed by atoms with E-state index in [0.29, 0.717) is 0 Å². The Kier molecular flexibility index (Phi) is 5.34. The molecule has 0 saturated carbocycles. The maximum absolute atomic E-state index is 5.20. The maximum Gasteiger partial charge on any atom is 0.160 e. The summed E-state index contributed by atoms with van der Waals surface area (Å²) in [5.74, 6) is 0.737. The van der Waals surface area contributed by atoms with Crippen molar-refractivity contribution in [3.63, 3.8) is 0 Å². The molecule has 9 aromatic rings. The highest BCUT2D eigenvalue weighted by Gasteiger charge is 2.51. The normalized spacial score (nSPS) is 13.5. The van der Waals surface area contributed by atoms with E-state index in [4.69, 9.17) is 9.97 Å². The molecule has 0 atom stereocenters. The molecule has 0 fully saturated rings. The minimum atomic E-state index is -0.411. The minimum absolute atomic E-state index is 0.411. The Hall–Kier alpha value is -6.38. The van der Waals surface area contributed by atoms with E-state index >= 15 is 0 Å². The van der Waals surface area contributed by atoms with Gasteiger partial charge in [0, 0.05) is 16.5 Å². The molecule has 1 aromatic heterocycles. The summed E-state index contributed by atoms with van der Waals surface area (Å²) in [5.41, 5.74) is 14.3. The lowest BCUT2D eigenvalue weighted by molar-refractivity contribution is 0.796. The van der Waals surface area contributed by atoms with Crippen molar-refractivity contribution >= 4 is 32.4 Å². The first kappa shape index (κ1) is 26.7. The Labute approximate surface area is 284 Å². The van der Waals surface area contributed by atoms with E-state index in [1.54, 1.807) is 0 Å². The molecule has 0 unspecified atom stereocenters. The number of rotatable bonds is 2. The summed E-state index contributed by atoms with van der Waals surface area (Å²) in [7, 11) is 0. The number of benzene rings is 8. The van der Waals surface area contributed by atoms with Gasteiger partial charge in [0.1, 0.15) is 0 Å². The fourth-order valence-corrected chi connectivity index (χ4v) is 8.73. The van der Waals surface area contributed by atoms with Crippen LogP contribution in [0.3, 0.4) is 0 Å². The van der Waals surface area contributed by atoms with E-state index in [1.807, 2.05) is 6.07 Å². The largest absolute Gasteiger partial charge is 0.228 e. The van der Waals surface area contributed by atoms with Gasteiger partial charge in [0.25, 0.3) is 0 Å². The number of para-hydroxylation sites is 1. The van der Waals surface area contributed by atoms with Gasteiger partial charge >= 0.3 is 0 Å². The minimum Gasteiger partial charge on any atom is -0.228 e. The smallest absolute Gasteiger partial charge is 0.160 e. The van der Waals surface area contributed by atoms with Crippen molar-refractivity contribution in [1.82, 2.24) is 9.97 Å². The highest BCUT2D eigenvalue weighted by atomic mass is 14.9. The maximum atomic E-state index is 5.20. The number of hydrogen-bond acceptors (Lipinski definition) is 2. The lowest BCUT2D eigenvalue weighted by Gasteiger charge is -2.30. The fourth-order valence-electron chi connectivity index (χ4n) is 8.73. The number of hydrogen-bond donors (Lipinski definition) is 0. The standard InChI is InChI=1S/C47H28N2/c1-2-12-29(13-3-1)45-37-18-8-11-21-44(37)48-46(49-45)33-23-22-32-26-39-38-25-30-14-4-5-15-31(30)27-42(38)47(43(39)28-34(32)24-33)40-19-9-6-16-35(40)36-17-7-10-20-41(36)47/h1-28H. The van der Waals surface area contributed by atoms with Crippen molar-refractivity contribution in [3.05, 3.63) is 192 Å². The molecule has 0 N–H and O–H groups in total. The quantitative estimate of drug-likeness (QED) is 0.192. The lowest BCUT2D eigenvalue weighted by Crippen LogP contribution is -2.25. The van der Waals surface area contributed by atoms with Gasteiger partial charge in [-0.3, -0.25) is 0 Å². The topological polar surface area (TPSA) is 25.8 Å². The molecule has 2 aliphatic carbocycles. The summed E-state index contributed by atoms with van der Waals surface area (Å²) in [4.78, 5) is 10.3. The molecule has 11 rings (SSSR count). The molecule has 1 spiro atoms. The van der Waals surface area contributed by atoms with Crippen molar-refractivity contribution in [3.8, 4) is 44.9 Å². The van der Waals surface area contributed by atoms with Gasteiger partial charge in [-0.1, -0.05) is 133 Å². The summed E-state index contributed by atoms with van der Waals surface area (Å²) in [6.07, 6.45) is 0. The molecule has 49 heavy (non-hydrogen) atoms. The van der Waals surface area contributed by atoms with Gasteiger partial charge in [-0.25, -0.2) is 9.97 Å². The zero-order chi connectivity index (χ0) is 32.1. The van der Waals surface area contributed by atoms with E-state index in [-0.39, 0.29) is 0 Å². The predicted octanol–water partition coefficient (Wildman–Crippen LogP) is 11.6. The zero-order valence-electron chi connectivity index (χ0n) is 26.6. The van der Waals surface area contributed by atoms with Crippen molar-refractivity contribution < 1.29 is 0 Å². The molecular formula is C47H28N2.